The third-order valence-corrected chi connectivity index (χ3v) is 7.45. The fourth-order valence-corrected chi connectivity index (χ4v) is 4.98. The van der Waals surface area contributed by atoms with E-state index in [4.69, 9.17) is 4.74 Å². The number of carbonyl (C=O) groups is 3. The minimum Gasteiger partial charge on any atom is -0.444 e. The van der Waals surface area contributed by atoms with E-state index in [1.54, 1.807) is 20.8 Å². The molecule has 0 bridgehead atoms. The van der Waals surface area contributed by atoms with E-state index in [1.807, 2.05) is 81.4 Å². The van der Waals surface area contributed by atoms with Gasteiger partial charge in [0, 0.05) is 11.7 Å². The average Bonchev–Trinajstić information content (AvgIpc) is 2.93. The zero-order chi connectivity index (χ0) is 31.9. The van der Waals surface area contributed by atoms with Gasteiger partial charge in [-0.3, -0.25) is 9.59 Å². The lowest BCUT2D eigenvalue weighted by Crippen LogP contribution is -2.56. The van der Waals surface area contributed by atoms with Crippen molar-refractivity contribution < 1.29 is 24.2 Å². The Morgan fingerprint density at radius 1 is 0.884 bits per heavy atom. The number of rotatable bonds is 11. The molecule has 0 heterocycles. The molecule has 0 saturated carbocycles. The Bertz CT molecular complexity index is 1430. The van der Waals surface area contributed by atoms with Crippen molar-refractivity contribution in [3.63, 3.8) is 0 Å². The van der Waals surface area contributed by atoms with E-state index in [9.17, 15) is 19.5 Å². The number of ether oxygens (including phenoxy) is 1. The Balaban J connectivity index is 2.08. The number of fused-ring (bicyclic) bond motifs is 1. The van der Waals surface area contributed by atoms with Crippen molar-refractivity contribution in [1.29, 1.82) is 0 Å². The van der Waals surface area contributed by atoms with E-state index in [1.165, 1.54) is 4.90 Å². The summed E-state index contributed by atoms with van der Waals surface area (Å²) in [7, 11) is 0. The maximum absolute atomic E-state index is 14.3. The van der Waals surface area contributed by atoms with Crippen LogP contribution < -0.4 is 10.6 Å². The second-order valence-electron chi connectivity index (χ2n) is 12.7. The normalized spacial score (nSPS) is 13.7. The Kier molecular flexibility index (Phi) is 11.3. The van der Waals surface area contributed by atoms with Crippen molar-refractivity contribution in [2.24, 2.45) is 5.92 Å². The molecule has 3 amide bonds. The van der Waals surface area contributed by atoms with Gasteiger partial charge in [0.2, 0.25) is 5.91 Å². The number of nitrogens with zero attached hydrogens (tertiary/aromatic N) is 1. The summed E-state index contributed by atoms with van der Waals surface area (Å²) < 4.78 is 5.36. The first kappa shape index (κ1) is 33.6. The van der Waals surface area contributed by atoms with Crippen molar-refractivity contribution in [3.8, 4) is 0 Å². The van der Waals surface area contributed by atoms with Crippen LogP contribution in [-0.4, -0.2) is 52.2 Å². The molecule has 3 unspecified atom stereocenters. The molecule has 0 aliphatic heterocycles. The fourth-order valence-electron chi connectivity index (χ4n) is 4.98. The summed E-state index contributed by atoms with van der Waals surface area (Å²) >= 11 is 0. The van der Waals surface area contributed by atoms with E-state index in [2.05, 4.69) is 24.5 Å². The number of aryl methyl sites for hydroxylation is 2. The Morgan fingerprint density at radius 2 is 1.56 bits per heavy atom. The minimum atomic E-state index is -1.31. The molecule has 0 fully saturated rings. The number of hydrogen-bond acceptors (Lipinski definition) is 5. The Hall–Kier alpha value is -3.91. The zero-order valence-electron chi connectivity index (χ0n) is 26.7. The van der Waals surface area contributed by atoms with Gasteiger partial charge in [-0.25, -0.2) is 4.79 Å². The number of hydrogen-bond donors (Lipinski definition) is 3. The molecule has 3 aromatic rings. The minimum absolute atomic E-state index is 0.374. The molecule has 0 spiro atoms. The molecule has 3 aromatic carbocycles. The van der Waals surface area contributed by atoms with Gasteiger partial charge in [-0.05, 0) is 99.9 Å². The van der Waals surface area contributed by atoms with Gasteiger partial charge in [0.25, 0.3) is 5.91 Å². The lowest BCUT2D eigenvalue weighted by molar-refractivity contribution is -0.144. The van der Waals surface area contributed by atoms with Crippen LogP contribution in [0, 0.1) is 19.8 Å². The molecular formula is C35H47N3O5. The largest absolute Gasteiger partial charge is 0.444 e. The molecule has 3 N–H and O–H groups in total. The molecule has 3 atom stereocenters. The Labute approximate surface area is 255 Å². The van der Waals surface area contributed by atoms with Crippen molar-refractivity contribution in [2.75, 3.05) is 11.9 Å². The van der Waals surface area contributed by atoms with Gasteiger partial charge in [0.1, 0.15) is 17.7 Å². The summed E-state index contributed by atoms with van der Waals surface area (Å²) in [5.74, 6) is -0.585. The van der Waals surface area contributed by atoms with Gasteiger partial charge in [0.15, 0.2) is 0 Å². The molecule has 0 radical (unpaired) electrons. The number of carbonyl (C=O) groups excluding carboxylic acids is 3. The number of aliphatic hydroxyl groups is 1. The molecule has 8 nitrogen and oxygen atoms in total. The summed E-state index contributed by atoms with van der Waals surface area (Å²) in [5, 5.41) is 17.9. The predicted octanol–water partition coefficient (Wildman–Crippen LogP) is 6.68. The van der Waals surface area contributed by atoms with Gasteiger partial charge in [-0.1, -0.05) is 62.4 Å². The highest BCUT2D eigenvalue weighted by Gasteiger charge is 2.39. The second kappa shape index (κ2) is 14.5. The monoisotopic (exact) mass is 589 g/mol. The standard InChI is InChI=1S/C35H47N3O5/c1-22(2)13-15-25(5)38(33(41)30(21-39)37-34(42)43-35(6,7)8)31(28-16-14-23(3)24(4)19-28)32(40)36-29-18-17-26-11-9-10-12-27(26)20-29/h9-12,14,16-20,22,25,30-31,39H,13,15,21H2,1-8H3,(H,36,40)(H,37,42). The highest BCUT2D eigenvalue weighted by Crippen LogP contribution is 2.30. The molecule has 0 saturated heterocycles. The van der Waals surface area contributed by atoms with Crippen LogP contribution in [0.4, 0.5) is 10.5 Å². The summed E-state index contributed by atoms with van der Waals surface area (Å²) in [6, 6.07) is 16.5. The number of benzene rings is 3. The lowest BCUT2D eigenvalue weighted by Gasteiger charge is -2.38. The maximum Gasteiger partial charge on any atom is 0.408 e. The molecule has 0 aromatic heterocycles. The number of aliphatic hydroxyl groups excluding tert-OH is 1. The second-order valence-corrected chi connectivity index (χ2v) is 12.7. The molecule has 3 rings (SSSR count). The van der Waals surface area contributed by atoms with Crippen LogP contribution in [0.15, 0.2) is 60.7 Å². The van der Waals surface area contributed by atoms with Gasteiger partial charge in [-0.15, -0.1) is 0 Å². The molecule has 43 heavy (non-hydrogen) atoms. The zero-order valence-corrected chi connectivity index (χ0v) is 26.7. The maximum atomic E-state index is 14.3. The van der Waals surface area contributed by atoms with E-state index >= 15 is 0 Å². The predicted molar refractivity (Wildman–Crippen MR) is 172 cm³/mol. The van der Waals surface area contributed by atoms with Gasteiger partial charge in [0.05, 0.1) is 6.61 Å². The molecular weight excluding hydrogens is 542 g/mol. The molecule has 232 valence electrons. The topological polar surface area (TPSA) is 108 Å². The van der Waals surface area contributed by atoms with E-state index in [0.29, 0.717) is 23.6 Å². The average molecular weight is 590 g/mol. The van der Waals surface area contributed by atoms with Crippen LogP contribution in [0.5, 0.6) is 0 Å². The summed E-state index contributed by atoms with van der Waals surface area (Å²) in [4.78, 5) is 42.7. The third kappa shape index (κ3) is 9.29. The summed E-state index contributed by atoms with van der Waals surface area (Å²) in [6.45, 7) is 14.6. The quantitative estimate of drug-likeness (QED) is 0.231. The van der Waals surface area contributed by atoms with Crippen LogP contribution in [0.1, 0.15) is 77.1 Å². The Morgan fingerprint density at radius 3 is 2.16 bits per heavy atom. The number of anilines is 1. The van der Waals surface area contributed by atoms with Gasteiger partial charge >= 0.3 is 6.09 Å². The number of amides is 3. The van der Waals surface area contributed by atoms with Crippen molar-refractivity contribution >= 4 is 34.4 Å². The van der Waals surface area contributed by atoms with E-state index < -0.39 is 48.2 Å². The van der Waals surface area contributed by atoms with E-state index in [-0.39, 0.29) is 0 Å². The van der Waals surface area contributed by atoms with Crippen molar-refractivity contribution in [2.45, 2.75) is 92.0 Å². The van der Waals surface area contributed by atoms with Crippen LogP contribution in [0.2, 0.25) is 0 Å². The molecule has 0 aliphatic rings. The SMILES string of the molecule is Cc1ccc(C(C(=O)Nc2ccc3ccccc3c2)N(C(=O)C(CO)NC(=O)OC(C)(C)C)C(C)CCC(C)C)cc1C. The van der Waals surface area contributed by atoms with Gasteiger partial charge in [-0.2, -0.15) is 0 Å². The lowest BCUT2D eigenvalue weighted by atomic mass is 9.95. The first-order chi connectivity index (χ1) is 20.2. The van der Waals surface area contributed by atoms with Crippen molar-refractivity contribution in [3.05, 3.63) is 77.4 Å². The first-order valence-electron chi connectivity index (χ1n) is 15.0. The van der Waals surface area contributed by atoms with E-state index in [0.717, 1.165) is 28.3 Å². The number of alkyl carbamates (subject to hydrolysis) is 1. The highest BCUT2D eigenvalue weighted by atomic mass is 16.6. The van der Waals surface area contributed by atoms with Crippen LogP contribution in [0.3, 0.4) is 0 Å². The molecule has 0 aliphatic carbocycles. The fraction of sp³-hybridized carbons (Fsp3) is 0.457. The third-order valence-electron chi connectivity index (χ3n) is 7.45. The summed E-state index contributed by atoms with van der Waals surface area (Å²) in [6.07, 6.45) is 0.622. The summed E-state index contributed by atoms with van der Waals surface area (Å²) in [5.41, 5.74) is 2.49. The van der Waals surface area contributed by atoms with Gasteiger partial charge < -0.3 is 25.4 Å². The van der Waals surface area contributed by atoms with Crippen LogP contribution in [0.25, 0.3) is 10.8 Å². The van der Waals surface area contributed by atoms with Crippen LogP contribution >= 0.6 is 0 Å². The smallest absolute Gasteiger partial charge is 0.408 e. The number of nitrogens with one attached hydrogen (secondary N) is 2. The molecule has 8 heteroatoms. The van der Waals surface area contributed by atoms with Crippen molar-refractivity contribution in [1.82, 2.24) is 10.2 Å². The first-order valence-corrected chi connectivity index (χ1v) is 15.0. The van der Waals surface area contributed by atoms with Crippen LogP contribution in [-0.2, 0) is 14.3 Å². The highest BCUT2D eigenvalue weighted by molar-refractivity contribution is 6.00.